The average molecular weight is 302 g/mol. The lowest BCUT2D eigenvalue weighted by Crippen LogP contribution is -2.30. The Kier molecular flexibility index (Phi) is 4.16. The summed E-state index contributed by atoms with van der Waals surface area (Å²) in [5, 5.41) is 0. The minimum atomic E-state index is 0.310. The fraction of sp³-hybridized carbons (Fsp3) is 0.583. The van der Waals surface area contributed by atoms with Crippen molar-refractivity contribution in [2.75, 3.05) is 6.54 Å². The van der Waals surface area contributed by atoms with Crippen LogP contribution in [-0.2, 0) is 11.3 Å². The normalized spacial score (nSPS) is 21.5. The van der Waals surface area contributed by atoms with Crippen LogP contribution in [0.4, 0.5) is 0 Å². The summed E-state index contributed by atoms with van der Waals surface area (Å²) in [5.74, 6) is 0.310. The number of halogens is 1. The van der Waals surface area contributed by atoms with Crippen molar-refractivity contribution < 1.29 is 4.79 Å². The van der Waals surface area contributed by atoms with E-state index < -0.39 is 0 Å². The Morgan fingerprint density at radius 1 is 1.62 bits per heavy atom. The van der Waals surface area contributed by atoms with Gasteiger partial charge >= 0.3 is 0 Å². The molecule has 1 aromatic rings. The fourth-order valence-corrected chi connectivity index (χ4v) is 3.81. The zero-order chi connectivity index (χ0) is 11.5. The molecule has 0 aromatic carbocycles. The van der Waals surface area contributed by atoms with E-state index in [2.05, 4.69) is 33.0 Å². The molecule has 1 aliphatic rings. The summed E-state index contributed by atoms with van der Waals surface area (Å²) < 4.78 is 1.19. The molecule has 1 aliphatic heterocycles. The van der Waals surface area contributed by atoms with E-state index in [1.807, 2.05) is 0 Å². The summed E-state index contributed by atoms with van der Waals surface area (Å²) in [5.41, 5.74) is 0. The van der Waals surface area contributed by atoms with Crippen LogP contribution in [0.2, 0.25) is 0 Å². The Hall–Kier alpha value is -0.190. The number of hydrogen-bond acceptors (Lipinski definition) is 3. The molecule has 0 bridgehead atoms. The van der Waals surface area contributed by atoms with E-state index in [9.17, 15) is 4.79 Å². The first-order valence-corrected chi connectivity index (χ1v) is 7.24. The van der Waals surface area contributed by atoms with Gasteiger partial charge in [0.05, 0.1) is 3.79 Å². The summed E-state index contributed by atoms with van der Waals surface area (Å²) in [4.78, 5) is 15.0. The van der Waals surface area contributed by atoms with E-state index in [1.165, 1.54) is 21.5 Å². The number of ketones is 1. The molecule has 2 nitrogen and oxygen atoms in total. The molecule has 0 amide bonds. The molecule has 16 heavy (non-hydrogen) atoms. The highest BCUT2D eigenvalue weighted by molar-refractivity contribution is 9.11. The van der Waals surface area contributed by atoms with Gasteiger partial charge in [0.15, 0.2) is 0 Å². The van der Waals surface area contributed by atoms with Crippen LogP contribution in [0.15, 0.2) is 15.9 Å². The van der Waals surface area contributed by atoms with Gasteiger partial charge in [0.25, 0.3) is 0 Å². The van der Waals surface area contributed by atoms with Crippen molar-refractivity contribution in [2.45, 2.75) is 38.8 Å². The van der Waals surface area contributed by atoms with Crippen molar-refractivity contribution in [2.24, 2.45) is 0 Å². The van der Waals surface area contributed by atoms with Crippen LogP contribution in [0, 0.1) is 0 Å². The van der Waals surface area contributed by atoms with E-state index in [0.717, 1.165) is 13.1 Å². The molecule has 1 fully saturated rings. The van der Waals surface area contributed by atoms with Crippen LogP contribution in [0.25, 0.3) is 0 Å². The minimum absolute atomic E-state index is 0.310. The summed E-state index contributed by atoms with van der Waals surface area (Å²) >= 11 is 5.27. The van der Waals surface area contributed by atoms with E-state index in [1.54, 1.807) is 18.3 Å². The summed E-state index contributed by atoms with van der Waals surface area (Å²) in [6.07, 6.45) is 3.11. The number of rotatable bonds is 4. The fourth-order valence-electron chi connectivity index (χ4n) is 2.30. The lowest BCUT2D eigenvalue weighted by atomic mass is 10.1. The first-order valence-electron chi connectivity index (χ1n) is 5.63. The molecule has 2 rings (SSSR count). The SMILES string of the molecule is CC(=O)CC1CCCN1Cc1ccc(Br)s1. The number of carbonyl (C=O) groups is 1. The highest BCUT2D eigenvalue weighted by atomic mass is 79.9. The molecule has 0 N–H and O–H groups in total. The number of nitrogens with zero attached hydrogens (tertiary/aromatic N) is 1. The topological polar surface area (TPSA) is 20.3 Å². The van der Waals surface area contributed by atoms with Gasteiger partial charge in [-0.15, -0.1) is 11.3 Å². The largest absolute Gasteiger partial charge is 0.300 e. The number of likely N-dealkylation sites (tertiary alicyclic amines) is 1. The molecular formula is C12H16BrNOS. The quantitative estimate of drug-likeness (QED) is 0.849. The third kappa shape index (κ3) is 3.15. The maximum atomic E-state index is 11.2. The zero-order valence-electron chi connectivity index (χ0n) is 9.41. The smallest absolute Gasteiger partial charge is 0.131 e. The summed E-state index contributed by atoms with van der Waals surface area (Å²) in [6.45, 7) is 3.82. The van der Waals surface area contributed by atoms with E-state index >= 15 is 0 Å². The van der Waals surface area contributed by atoms with Gasteiger partial charge in [0.1, 0.15) is 5.78 Å². The molecule has 1 saturated heterocycles. The van der Waals surface area contributed by atoms with Crippen LogP contribution >= 0.6 is 27.3 Å². The Bertz CT molecular complexity index is 377. The second-order valence-electron chi connectivity index (χ2n) is 4.38. The number of hydrogen-bond donors (Lipinski definition) is 0. The van der Waals surface area contributed by atoms with Gasteiger partial charge in [0.2, 0.25) is 0 Å². The molecule has 0 saturated carbocycles. The zero-order valence-corrected chi connectivity index (χ0v) is 11.8. The van der Waals surface area contributed by atoms with E-state index in [4.69, 9.17) is 0 Å². The third-order valence-electron chi connectivity index (χ3n) is 3.01. The number of thiophene rings is 1. The summed E-state index contributed by atoms with van der Waals surface area (Å²) in [7, 11) is 0. The predicted molar refractivity (Wildman–Crippen MR) is 70.7 cm³/mol. The van der Waals surface area contributed by atoms with Gasteiger partial charge < -0.3 is 0 Å². The molecule has 0 spiro atoms. The third-order valence-corrected chi connectivity index (χ3v) is 4.62. The highest BCUT2D eigenvalue weighted by Gasteiger charge is 2.25. The average Bonchev–Trinajstić information content (AvgIpc) is 2.77. The van der Waals surface area contributed by atoms with E-state index in [-0.39, 0.29) is 0 Å². The lowest BCUT2D eigenvalue weighted by molar-refractivity contribution is -0.118. The van der Waals surface area contributed by atoms with E-state index in [0.29, 0.717) is 18.2 Å². The van der Waals surface area contributed by atoms with Crippen LogP contribution in [0.5, 0.6) is 0 Å². The van der Waals surface area contributed by atoms with Gasteiger partial charge in [-0.2, -0.15) is 0 Å². The Labute approximate surface area is 109 Å². The van der Waals surface area contributed by atoms with Gasteiger partial charge in [-0.05, 0) is 54.4 Å². The van der Waals surface area contributed by atoms with Crippen LogP contribution in [0.3, 0.4) is 0 Å². The molecule has 1 unspecified atom stereocenters. The van der Waals surface area contributed by atoms with Gasteiger partial charge in [0, 0.05) is 23.9 Å². The van der Waals surface area contributed by atoms with Gasteiger partial charge in [-0.1, -0.05) is 0 Å². The Morgan fingerprint density at radius 3 is 3.06 bits per heavy atom. The van der Waals surface area contributed by atoms with Crippen LogP contribution < -0.4 is 0 Å². The minimum Gasteiger partial charge on any atom is -0.300 e. The molecular weight excluding hydrogens is 286 g/mol. The first kappa shape index (κ1) is 12.3. The van der Waals surface area contributed by atoms with Crippen molar-refractivity contribution in [1.29, 1.82) is 0 Å². The van der Waals surface area contributed by atoms with Crippen molar-refractivity contribution >= 4 is 33.0 Å². The second kappa shape index (κ2) is 5.43. The second-order valence-corrected chi connectivity index (χ2v) is 6.93. The van der Waals surface area contributed by atoms with Crippen LogP contribution in [0.1, 0.15) is 31.1 Å². The monoisotopic (exact) mass is 301 g/mol. The maximum Gasteiger partial charge on any atom is 0.131 e. The number of Topliss-reactive ketones (excluding diaryl/α,β-unsaturated/α-hetero) is 1. The molecule has 1 aromatic heterocycles. The molecule has 2 heterocycles. The van der Waals surface area contributed by atoms with Crippen molar-refractivity contribution in [3.63, 3.8) is 0 Å². The standard InChI is InChI=1S/C12H16BrNOS/c1-9(15)7-10-3-2-6-14(10)8-11-4-5-12(13)16-11/h4-5,10H,2-3,6-8H2,1H3. The summed E-state index contributed by atoms with van der Waals surface area (Å²) in [6, 6.07) is 4.73. The maximum absolute atomic E-state index is 11.2. The number of carbonyl (C=O) groups excluding carboxylic acids is 1. The molecule has 1 atom stereocenters. The van der Waals surface area contributed by atoms with Gasteiger partial charge in [-0.25, -0.2) is 0 Å². The van der Waals surface area contributed by atoms with Crippen LogP contribution in [-0.4, -0.2) is 23.3 Å². The lowest BCUT2D eigenvalue weighted by Gasteiger charge is -2.22. The molecule has 0 aliphatic carbocycles. The molecule has 88 valence electrons. The van der Waals surface area contributed by atoms with Crippen molar-refractivity contribution in [3.05, 3.63) is 20.8 Å². The predicted octanol–water partition coefficient (Wildman–Crippen LogP) is 3.45. The first-order chi connectivity index (χ1) is 7.65. The van der Waals surface area contributed by atoms with Gasteiger partial charge in [-0.3, -0.25) is 9.69 Å². The molecule has 0 radical (unpaired) electrons. The molecule has 4 heteroatoms. The van der Waals surface area contributed by atoms with Crippen molar-refractivity contribution in [3.8, 4) is 0 Å². The Balaban J connectivity index is 1.95. The Morgan fingerprint density at radius 2 is 2.44 bits per heavy atom. The van der Waals surface area contributed by atoms with Crippen molar-refractivity contribution in [1.82, 2.24) is 4.90 Å². The highest BCUT2D eigenvalue weighted by Crippen LogP contribution is 2.27.